The number of benzene rings is 2. The predicted octanol–water partition coefficient (Wildman–Crippen LogP) is 7.12. The number of aldehydes is 1. The number of aromatic nitrogens is 1. The quantitative estimate of drug-likeness (QED) is 0.273. The minimum atomic E-state index is -0.321. The SMILES string of the molecule is O=CC1CC2CCCC(C(=O)CNc3ccc(-c4cc5ccc(NC(=O)C6CCCCC6)cc5[nH]4)cc3)(C1)C2. The first-order chi connectivity index (χ1) is 19.0. The van der Waals surface area contributed by atoms with Crippen LogP contribution in [0.25, 0.3) is 22.2 Å². The molecule has 0 spiro atoms. The van der Waals surface area contributed by atoms with E-state index in [1.54, 1.807) is 0 Å². The maximum absolute atomic E-state index is 13.3. The zero-order valence-corrected chi connectivity index (χ0v) is 22.6. The molecule has 3 saturated carbocycles. The number of H-pyrrole nitrogens is 1. The van der Waals surface area contributed by atoms with Crippen molar-refractivity contribution in [2.24, 2.45) is 23.2 Å². The number of carbonyl (C=O) groups is 3. The third-order valence-corrected chi connectivity index (χ3v) is 9.54. The Hall–Kier alpha value is -3.41. The normalized spacial score (nSPS) is 25.2. The molecule has 3 unspecified atom stereocenters. The van der Waals surface area contributed by atoms with Gasteiger partial charge in [-0.05, 0) is 80.3 Å². The van der Waals surface area contributed by atoms with E-state index in [9.17, 15) is 14.4 Å². The van der Waals surface area contributed by atoms with Crippen molar-refractivity contribution in [1.82, 2.24) is 4.98 Å². The summed E-state index contributed by atoms with van der Waals surface area (Å²) in [6, 6.07) is 16.3. The third-order valence-electron chi connectivity index (χ3n) is 9.54. The summed E-state index contributed by atoms with van der Waals surface area (Å²) in [7, 11) is 0. The number of anilines is 2. The average Bonchev–Trinajstić information content (AvgIpc) is 3.40. The Labute approximate surface area is 230 Å². The number of aromatic amines is 1. The van der Waals surface area contributed by atoms with Crippen molar-refractivity contribution in [2.75, 3.05) is 17.2 Å². The minimum Gasteiger partial charge on any atom is -0.378 e. The molecule has 204 valence electrons. The van der Waals surface area contributed by atoms with Crippen molar-refractivity contribution in [3.05, 3.63) is 48.5 Å². The highest BCUT2D eigenvalue weighted by Gasteiger charge is 2.47. The first kappa shape index (κ1) is 25.8. The van der Waals surface area contributed by atoms with E-state index in [-0.39, 0.29) is 28.9 Å². The summed E-state index contributed by atoms with van der Waals surface area (Å²) in [5.74, 6) is 1.08. The molecule has 0 aliphatic heterocycles. The summed E-state index contributed by atoms with van der Waals surface area (Å²) in [6.45, 7) is 0.305. The van der Waals surface area contributed by atoms with Crippen LogP contribution in [0.15, 0.2) is 48.5 Å². The second-order valence-electron chi connectivity index (χ2n) is 12.2. The van der Waals surface area contributed by atoms with E-state index in [2.05, 4.69) is 33.8 Å². The fraction of sp³-hybridized carbons (Fsp3) is 0.485. The number of hydrogen-bond acceptors (Lipinski definition) is 4. The van der Waals surface area contributed by atoms with Gasteiger partial charge in [0.2, 0.25) is 5.91 Å². The van der Waals surface area contributed by atoms with Crippen LogP contribution in [0, 0.1) is 23.2 Å². The molecule has 6 heteroatoms. The van der Waals surface area contributed by atoms with E-state index in [4.69, 9.17) is 0 Å². The zero-order valence-electron chi connectivity index (χ0n) is 22.6. The van der Waals surface area contributed by atoms with Crippen LogP contribution >= 0.6 is 0 Å². The molecular formula is C33H39N3O3. The molecule has 39 heavy (non-hydrogen) atoms. The first-order valence-corrected chi connectivity index (χ1v) is 14.8. The van der Waals surface area contributed by atoms with Crippen LogP contribution in [-0.4, -0.2) is 29.5 Å². The zero-order chi connectivity index (χ0) is 26.8. The van der Waals surface area contributed by atoms with Crippen LogP contribution in [0.5, 0.6) is 0 Å². The Balaban J connectivity index is 1.09. The van der Waals surface area contributed by atoms with Gasteiger partial charge in [0, 0.05) is 45.2 Å². The number of Topliss-reactive ketones (excluding diaryl/α,β-unsaturated/α-hetero) is 1. The third kappa shape index (κ3) is 5.52. The lowest BCUT2D eigenvalue weighted by atomic mass is 9.57. The van der Waals surface area contributed by atoms with Gasteiger partial charge in [-0.1, -0.05) is 50.3 Å². The predicted molar refractivity (Wildman–Crippen MR) is 156 cm³/mol. The summed E-state index contributed by atoms with van der Waals surface area (Å²) < 4.78 is 0. The lowest BCUT2D eigenvalue weighted by molar-refractivity contribution is -0.135. The van der Waals surface area contributed by atoms with Crippen LogP contribution in [0.4, 0.5) is 11.4 Å². The maximum atomic E-state index is 13.3. The molecule has 0 radical (unpaired) electrons. The standard InChI is InChI=1S/C33H39N3O3/c37-21-23-15-22-5-4-14-33(18-22,19-23)31(38)20-34-27-11-8-24(9-12-27)29-16-26-10-13-28(17-30(26)36-29)35-32(39)25-6-2-1-3-7-25/h8-13,16-17,21-23,25,34,36H,1-7,14-15,18-20H2,(H,35,39). The van der Waals surface area contributed by atoms with Crippen molar-refractivity contribution in [2.45, 2.75) is 70.6 Å². The van der Waals surface area contributed by atoms with Crippen molar-refractivity contribution < 1.29 is 14.4 Å². The maximum Gasteiger partial charge on any atom is 0.227 e. The molecule has 1 heterocycles. The Kier molecular flexibility index (Phi) is 7.28. The molecule has 1 aromatic heterocycles. The Bertz CT molecular complexity index is 1350. The molecule has 3 aliphatic rings. The first-order valence-electron chi connectivity index (χ1n) is 14.8. The van der Waals surface area contributed by atoms with Crippen LogP contribution in [0.3, 0.4) is 0 Å². The number of hydrogen-bond donors (Lipinski definition) is 3. The molecule has 6 nitrogen and oxygen atoms in total. The molecule has 0 saturated heterocycles. The van der Waals surface area contributed by atoms with Gasteiger partial charge in [-0.25, -0.2) is 0 Å². The molecule has 6 rings (SSSR count). The van der Waals surface area contributed by atoms with Crippen molar-refractivity contribution >= 4 is 40.3 Å². The number of carbonyl (C=O) groups excluding carboxylic acids is 3. The molecule has 3 aliphatic carbocycles. The summed E-state index contributed by atoms with van der Waals surface area (Å²) in [5, 5.41) is 7.55. The molecule has 2 aromatic carbocycles. The molecule has 2 bridgehead atoms. The lowest BCUT2D eigenvalue weighted by Gasteiger charge is -2.46. The van der Waals surface area contributed by atoms with E-state index in [1.807, 2.05) is 30.3 Å². The summed E-state index contributed by atoms with van der Waals surface area (Å²) in [6.07, 6.45) is 12.4. The van der Waals surface area contributed by atoms with E-state index in [0.717, 1.165) is 104 Å². The number of rotatable bonds is 8. The second-order valence-corrected chi connectivity index (χ2v) is 12.2. The number of nitrogens with one attached hydrogen (secondary N) is 3. The fourth-order valence-corrected chi connectivity index (χ4v) is 7.46. The second kappa shape index (κ2) is 11.0. The Morgan fingerprint density at radius 3 is 2.51 bits per heavy atom. The Morgan fingerprint density at radius 1 is 0.923 bits per heavy atom. The van der Waals surface area contributed by atoms with Crippen molar-refractivity contribution in [3.63, 3.8) is 0 Å². The Morgan fingerprint density at radius 2 is 1.72 bits per heavy atom. The van der Waals surface area contributed by atoms with Gasteiger partial charge in [-0.3, -0.25) is 9.59 Å². The highest BCUT2D eigenvalue weighted by Crippen LogP contribution is 2.51. The van der Waals surface area contributed by atoms with Crippen molar-refractivity contribution in [1.29, 1.82) is 0 Å². The fourth-order valence-electron chi connectivity index (χ4n) is 7.46. The molecule has 1 amide bonds. The molecule has 3 N–H and O–H groups in total. The summed E-state index contributed by atoms with van der Waals surface area (Å²) in [5.41, 5.74) is 4.49. The van der Waals surface area contributed by atoms with E-state index in [1.165, 1.54) is 6.42 Å². The highest BCUT2D eigenvalue weighted by atomic mass is 16.2. The monoisotopic (exact) mass is 525 g/mol. The summed E-state index contributed by atoms with van der Waals surface area (Å²) in [4.78, 5) is 41.0. The van der Waals surface area contributed by atoms with E-state index >= 15 is 0 Å². The number of amides is 1. The molecule has 3 fully saturated rings. The van der Waals surface area contributed by atoms with Gasteiger partial charge in [-0.2, -0.15) is 0 Å². The van der Waals surface area contributed by atoms with E-state index in [0.29, 0.717) is 12.5 Å². The van der Waals surface area contributed by atoms with Crippen LogP contribution in [0.1, 0.15) is 70.6 Å². The van der Waals surface area contributed by atoms with Gasteiger partial charge >= 0.3 is 0 Å². The van der Waals surface area contributed by atoms with Crippen LogP contribution < -0.4 is 10.6 Å². The van der Waals surface area contributed by atoms with Crippen molar-refractivity contribution in [3.8, 4) is 11.3 Å². The van der Waals surface area contributed by atoms with Gasteiger partial charge < -0.3 is 20.4 Å². The largest absolute Gasteiger partial charge is 0.378 e. The molecular weight excluding hydrogens is 486 g/mol. The van der Waals surface area contributed by atoms with Crippen LogP contribution in [0.2, 0.25) is 0 Å². The molecule has 3 atom stereocenters. The van der Waals surface area contributed by atoms with Gasteiger partial charge in [0.05, 0.1) is 6.54 Å². The highest BCUT2D eigenvalue weighted by molar-refractivity contribution is 5.96. The van der Waals surface area contributed by atoms with Gasteiger partial charge in [0.1, 0.15) is 6.29 Å². The molecule has 3 aromatic rings. The topological polar surface area (TPSA) is 91.1 Å². The van der Waals surface area contributed by atoms with Gasteiger partial charge in [-0.15, -0.1) is 0 Å². The lowest BCUT2D eigenvalue weighted by Crippen LogP contribution is -2.45. The van der Waals surface area contributed by atoms with Crippen LogP contribution in [-0.2, 0) is 14.4 Å². The number of fused-ring (bicyclic) bond motifs is 3. The van der Waals surface area contributed by atoms with Gasteiger partial charge in [0.15, 0.2) is 5.78 Å². The van der Waals surface area contributed by atoms with Gasteiger partial charge in [0.25, 0.3) is 0 Å². The van der Waals surface area contributed by atoms with E-state index < -0.39 is 0 Å². The smallest absolute Gasteiger partial charge is 0.227 e. The number of ketones is 1. The summed E-state index contributed by atoms with van der Waals surface area (Å²) >= 11 is 0. The average molecular weight is 526 g/mol. The minimum absolute atomic E-state index is 0.0350.